The van der Waals surface area contributed by atoms with Crippen LogP contribution in [-0.2, 0) is 0 Å². The van der Waals surface area contributed by atoms with E-state index in [-0.39, 0.29) is 11.1 Å². The summed E-state index contributed by atoms with van der Waals surface area (Å²) in [6, 6.07) is 13.7. The lowest BCUT2D eigenvalue weighted by atomic mass is 10.2. The van der Waals surface area contributed by atoms with Crippen LogP contribution in [0.3, 0.4) is 0 Å². The SMILES string of the molecule is O=C(Nc1ccc(F)c(Cl)c1)N1CCCN(c2nc3cc(Cl)ccc3n3cccc23)CC1. The fourth-order valence-corrected chi connectivity index (χ4v) is 4.42. The van der Waals surface area contributed by atoms with Crippen molar-refractivity contribution in [3.05, 3.63) is 70.6 Å². The number of amides is 2. The van der Waals surface area contributed by atoms with Crippen LogP contribution < -0.4 is 10.2 Å². The first-order chi connectivity index (χ1) is 15.5. The van der Waals surface area contributed by atoms with Gasteiger partial charge >= 0.3 is 6.03 Å². The predicted octanol–water partition coefficient (Wildman–Crippen LogP) is 5.68. The summed E-state index contributed by atoms with van der Waals surface area (Å²) in [5.41, 5.74) is 3.29. The Balaban J connectivity index is 1.37. The lowest BCUT2D eigenvalue weighted by Gasteiger charge is -2.24. The van der Waals surface area contributed by atoms with Crippen molar-refractivity contribution in [2.75, 3.05) is 36.4 Å². The second-order valence-corrected chi connectivity index (χ2v) is 8.56. The lowest BCUT2D eigenvalue weighted by molar-refractivity contribution is 0.215. The summed E-state index contributed by atoms with van der Waals surface area (Å²) < 4.78 is 15.5. The number of halogens is 3. The molecule has 3 heterocycles. The van der Waals surface area contributed by atoms with Crippen molar-refractivity contribution in [2.24, 2.45) is 0 Å². The maximum Gasteiger partial charge on any atom is 0.321 e. The number of carbonyl (C=O) groups is 1. The molecule has 1 saturated heterocycles. The molecule has 2 amide bonds. The number of rotatable bonds is 2. The summed E-state index contributed by atoms with van der Waals surface area (Å²) in [6.45, 7) is 2.54. The van der Waals surface area contributed by atoms with E-state index in [1.165, 1.54) is 18.2 Å². The first-order valence-corrected chi connectivity index (χ1v) is 11.1. The molecule has 1 N–H and O–H groups in total. The second-order valence-electron chi connectivity index (χ2n) is 7.72. The van der Waals surface area contributed by atoms with Gasteiger partial charge in [-0.25, -0.2) is 14.2 Å². The molecule has 164 valence electrons. The van der Waals surface area contributed by atoms with Crippen LogP contribution in [0, 0.1) is 5.82 Å². The van der Waals surface area contributed by atoms with Crippen molar-refractivity contribution < 1.29 is 9.18 Å². The Morgan fingerprint density at radius 2 is 1.88 bits per heavy atom. The minimum atomic E-state index is -0.518. The Morgan fingerprint density at radius 1 is 1.00 bits per heavy atom. The van der Waals surface area contributed by atoms with Gasteiger partial charge in [-0.05, 0) is 55.0 Å². The maximum absolute atomic E-state index is 13.4. The highest BCUT2D eigenvalue weighted by Crippen LogP contribution is 2.28. The predicted molar refractivity (Wildman–Crippen MR) is 127 cm³/mol. The smallest absolute Gasteiger partial charge is 0.321 e. The van der Waals surface area contributed by atoms with E-state index in [1.807, 2.05) is 36.5 Å². The highest BCUT2D eigenvalue weighted by Gasteiger charge is 2.22. The van der Waals surface area contributed by atoms with Gasteiger partial charge in [-0.3, -0.25) is 0 Å². The molecule has 1 aliphatic heterocycles. The number of aromatic nitrogens is 2. The van der Waals surface area contributed by atoms with Gasteiger partial charge in [-0.15, -0.1) is 0 Å². The Labute approximate surface area is 194 Å². The number of benzene rings is 2. The third-order valence-electron chi connectivity index (χ3n) is 5.65. The van der Waals surface area contributed by atoms with E-state index in [1.54, 1.807) is 4.90 Å². The van der Waals surface area contributed by atoms with E-state index in [9.17, 15) is 9.18 Å². The molecule has 1 fully saturated rings. The summed E-state index contributed by atoms with van der Waals surface area (Å²) >= 11 is 12.0. The van der Waals surface area contributed by atoms with Gasteiger partial charge in [-0.2, -0.15) is 0 Å². The number of nitrogens with one attached hydrogen (secondary N) is 1. The number of nitrogens with zero attached hydrogens (tertiary/aromatic N) is 4. The maximum atomic E-state index is 13.4. The van der Waals surface area contributed by atoms with Crippen molar-refractivity contribution in [3.63, 3.8) is 0 Å². The van der Waals surface area contributed by atoms with E-state index in [4.69, 9.17) is 28.2 Å². The van der Waals surface area contributed by atoms with Gasteiger partial charge in [0.2, 0.25) is 0 Å². The van der Waals surface area contributed by atoms with Crippen molar-refractivity contribution in [1.29, 1.82) is 0 Å². The quantitative estimate of drug-likeness (QED) is 0.409. The van der Waals surface area contributed by atoms with Crippen molar-refractivity contribution in [3.8, 4) is 0 Å². The summed E-state index contributed by atoms with van der Waals surface area (Å²) in [4.78, 5) is 21.6. The number of carbonyl (C=O) groups excluding carboxylic acids is 1. The number of fused-ring (bicyclic) bond motifs is 3. The van der Waals surface area contributed by atoms with Crippen LogP contribution in [0.5, 0.6) is 0 Å². The molecule has 1 aliphatic rings. The fraction of sp³-hybridized carbons (Fsp3) is 0.217. The number of hydrogen-bond acceptors (Lipinski definition) is 3. The number of hydrogen-bond donors (Lipinski definition) is 1. The van der Waals surface area contributed by atoms with Crippen molar-refractivity contribution in [2.45, 2.75) is 6.42 Å². The van der Waals surface area contributed by atoms with Gasteiger partial charge in [0.05, 0.1) is 21.6 Å². The second kappa shape index (κ2) is 8.48. The minimum Gasteiger partial charge on any atom is -0.353 e. The Morgan fingerprint density at radius 3 is 2.72 bits per heavy atom. The van der Waals surface area contributed by atoms with E-state index in [0.29, 0.717) is 30.3 Å². The zero-order valence-electron chi connectivity index (χ0n) is 17.1. The zero-order valence-corrected chi connectivity index (χ0v) is 18.6. The first-order valence-electron chi connectivity index (χ1n) is 10.3. The first kappa shape index (κ1) is 20.8. The van der Waals surface area contributed by atoms with E-state index >= 15 is 0 Å². The largest absolute Gasteiger partial charge is 0.353 e. The summed E-state index contributed by atoms with van der Waals surface area (Å²) in [5.74, 6) is 0.355. The molecular weight excluding hydrogens is 452 g/mol. The lowest BCUT2D eigenvalue weighted by Crippen LogP contribution is -2.38. The molecule has 4 aromatic rings. The highest BCUT2D eigenvalue weighted by molar-refractivity contribution is 6.31. The Hall–Kier alpha value is -3.03. The number of anilines is 2. The molecule has 9 heteroatoms. The highest BCUT2D eigenvalue weighted by atomic mass is 35.5. The average molecular weight is 472 g/mol. The molecule has 0 saturated carbocycles. The van der Waals surface area contributed by atoms with E-state index in [2.05, 4.69) is 14.6 Å². The zero-order chi connectivity index (χ0) is 22.2. The van der Waals surface area contributed by atoms with Crippen LogP contribution in [0.15, 0.2) is 54.7 Å². The molecule has 0 radical (unpaired) electrons. The van der Waals surface area contributed by atoms with E-state index < -0.39 is 5.82 Å². The molecule has 0 aliphatic carbocycles. The van der Waals surface area contributed by atoms with Gasteiger partial charge in [0.25, 0.3) is 0 Å². The molecule has 2 aromatic carbocycles. The van der Waals surface area contributed by atoms with Gasteiger partial charge in [0.15, 0.2) is 5.82 Å². The normalized spacial score (nSPS) is 14.7. The monoisotopic (exact) mass is 471 g/mol. The average Bonchev–Trinajstić information content (AvgIpc) is 3.13. The standard InChI is InChI=1S/C23H20Cl2FN5O/c24-15-4-7-20-19(13-15)28-22(21-3-1-10-31(20)21)29-8-2-9-30(12-11-29)23(32)27-16-5-6-18(26)17(25)14-16/h1,3-7,10,13-14H,2,8-9,11-12H2,(H,27,32). The summed E-state index contributed by atoms with van der Waals surface area (Å²) in [6.07, 6.45) is 2.81. The van der Waals surface area contributed by atoms with Crippen molar-refractivity contribution >= 4 is 57.3 Å². The fourth-order valence-electron chi connectivity index (χ4n) is 4.08. The Kier molecular flexibility index (Phi) is 5.53. The third kappa shape index (κ3) is 3.94. The van der Waals surface area contributed by atoms with Crippen LogP contribution in [0.2, 0.25) is 10.0 Å². The van der Waals surface area contributed by atoms with Crippen LogP contribution in [-0.4, -0.2) is 46.5 Å². The molecule has 0 atom stereocenters. The third-order valence-corrected chi connectivity index (χ3v) is 6.18. The topological polar surface area (TPSA) is 52.9 Å². The molecule has 32 heavy (non-hydrogen) atoms. The van der Waals surface area contributed by atoms with E-state index in [0.717, 1.165) is 35.3 Å². The summed E-state index contributed by atoms with van der Waals surface area (Å²) in [5, 5.41) is 3.42. The van der Waals surface area contributed by atoms with Crippen LogP contribution in [0.4, 0.5) is 20.7 Å². The van der Waals surface area contributed by atoms with Crippen LogP contribution >= 0.6 is 23.2 Å². The minimum absolute atomic E-state index is 0.0245. The van der Waals surface area contributed by atoms with Crippen molar-refractivity contribution in [1.82, 2.24) is 14.3 Å². The molecule has 6 nitrogen and oxygen atoms in total. The molecular formula is C23H20Cl2FN5O. The molecule has 5 rings (SSSR count). The van der Waals surface area contributed by atoms with Gasteiger partial charge in [-0.1, -0.05) is 23.2 Å². The summed E-state index contributed by atoms with van der Waals surface area (Å²) in [7, 11) is 0. The van der Waals surface area contributed by atoms with Crippen LogP contribution in [0.1, 0.15) is 6.42 Å². The van der Waals surface area contributed by atoms with Crippen LogP contribution in [0.25, 0.3) is 16.6 Å². The Bertz CT molecular complexity index is 1320. The molecule has 0 bridgehead atoms. The molecule has 2 aromatic heterocycles. The number of urea groups is 1. The van der Waals surface area contributed by atoms with Gasteiger partial charge < -0.3 is 19.5 Å². The van der Waals surface area contributed by atoms with Gasteiger partial charge in [0.1, 0.15) is 5.82 Å². The van der Waals surface area contributed by atoms with Gasteiger partial charge in [0, 0.05) is 43.1 Å². The molecule has 0 unspecified atom stereocenters. The molecule has 0 spiro atoms.